The highest BCUT2D eigenvalue weighted by atomic mass is 16.6. The molecular weight excluding hydrogens is 296 g/mol. The van der Waals surface area contributed by atoms with Crippen molar-refractivity contribution in [2.45, 2.75) is 6.92 Å². The Labute approximate surface area is 132 Å². The number of aryl methyl sites for hydroxylation is 1. The lowest BCUT2D eigenvalue weighted by Crippen LogP contribution is -2.09. The van der Waals surface area contributed by atoms with Gasteiger partial charge < -0.3 is 13.9 Å². The van der Waals surface area contributed by atoms with E-state index in [9.17, 15) is 9.59 Å². The molecule has 1 aromatic heterocycles. The van der Waals surface area contributed by atoms with Gasteiger partial charge in [-0.1, -0.05) is 18.2 Å². The standard InChI is InChI=1S/C18H14O5/c1-11-13-5-3-4-6-14(13)22-17(11)18(20)23-15-8-7-12(10-19)9-16(15)21-2/h3-10H,1-2H3. The van der Waals surface area contributed by atoms with Crippen molar-refractivity contribution in [1.82, 2.24) is 0 Å². The van der Waals surface area contributed by atoms with Gasteiger partial charge in [0.05, 0.1) is 7.11 Å². The summed E-state index contributed by atoms with van der Waals surface area (Å²) in [4.78, 5) is 23.2. The maximum atomic E-state index is 12.4. The van der Waals surface area contributed by atoms with Crippen LogP contribution in [0, 0.1) is 6.92 Å². The van der Waals surface area contributed by atoms with Crippen molar-refractivity contribution in [2.24, 2.45) is 0 Å². The molecule has 3 rings (SSSR count). The van der Waals surface area contributed by atoms with Crippen molar-refractivity contribution in [1.29, 1.82) is 0 Å². The third kappa shape index (κ3) is 2.68. The van der Waals surface area contributed by atoms with Crippen LogP contribution in [0.1, 0.15) is 26.5 Å². The zero-order valence-corrected chi connectivity index (χ0v) is 12.7. The Morgan fingerprint density at radius 3 is 2.61 bits per heavy atom. The lowest BCUT2D eigenvalue weighted by molar-refractivity contribution is 0.0698. The van der Waals surface area contributed by atoms with Gasteiger partial charge in [0, 0.05) is 16.5 Å². The molecule has 0 saturated carbocycles. The van der Waals surface area contributed by atoms with Gasteiger partial charge in [0.2, 0.25) is 5.76 Å². The number of esters is 1. The second-order valence-electron chi connectivity index (χ2n) is 4.97. The van der Waals surface area contributed by atoms with Gasteiger partial charge in [-0.05, 0) is 31.2 Å². The monoisotopic (exact) mass is 310 g/mol. The highest BCUT2D eigenvalue weighted by Gasteiger charge is 2.21. The number of para-hydroxylation sites is 1. The smallest absolute Gasteiger partial charge is 0.380 e. The second-order valence-corrected chi connectivity index (χ2v) is 4.97. The molecule has 0 aliphatic carbocycles. The van der Waals surface area contributed by atoms with Crippen LogP contribution in [0.15, 0.2) is 46.9 Å². The summed E-state index contributed by atoms with van der Waals surface area (Å²) in [6.07, 6.45) is 0.692. The molecule has 5 nitrogen and oxygen atoms in total. The average Bonchev–Trinajstić information content (AvgIpc) is 2.92. The maximum Gasteiger partial charge on any atom is 0.380 e. The van der Waals surface area contributed by atoms with Crippen molar-refractivity contribution in [3.63, 3.8) is 0 Å². The highest BCUT2D eigenvalue weighted by Crippen LogP contribution is 2.30. The van der Waals surface area contributed by atoms with Gasteiger partial charge in [0.15, 0.2) is 11.5 Å². The van der Waals surface area contributed by atoms with Crippen LogP contribution in [-0.2, 0) is 0 Å². The predicted molar refractivity (Wildman–Crippen MR) is 84.3 cm³/mol. The summed E-state index contributed by atoms with van der Waals surface area (Å²) in [6, 6.07) is 11.9. The number of carbonyl (C=O) groups excluding carboxylic acids is 2. The van der Waals surface area contributed by atoms with Gasteiger partial charge in [0.25, 0.3) is 0 Å². The van der Waals surface area contributed by atoms with Gasteiger partial charge in [-0.3, -0.25) is 4.79 Å². The number of ether oxygens (including phenoxy) is 2. The summed E-state index contributed by atoms with van der Waals surface area (Å²) in [5.41, 5.74) is 1.77. The van der Waals surface area contributed by atoms with E-state index in [2.05, 4.69) is 0 Å². The molecule has 0 radical (unpaired) electrons. The lowest BCUT2D eigenvalue weighted by atomic mass is 10.1. The van der Waals surface area contributed by atoms with Crippen molar-refractivity contribution in [3.05, 3.63) is 59.4 Å². The van der Waals surface area contributed by atoms with Crippen LogP contribution in [0.4, 0.5) is 0 Å². The number of hydrogen-bond donors (Lipinski definition) is 0. The van der Waals surface area contributed by atoms with Crippen LogP contribution >= 0.6 is 0 Å². The van der Waals surface area contributed by atoms with Crippen molar-refractivity contribution in [2.75, 3.05) is 7.11 Å². The van der Waals surface area contributed by atoms with Crippen LogP contribution in [-0.4, -0.2) is 19.4 Å². The summed E-state index contributed by atoms with van der Waals surface area (Å²) >= 11 is 0. The first-order valence-corrected chi connectivity index (χ1v) is 6.97. The fraction of sp³-hybridized carbons (Fsp3) is 0.111. The van der Waals surface area contributed by atoms with E-state index in [1.807, 2.05) is 18.2 Å². The number of hydrogen-bond acceptors (Lipinski definition) is 5. The topological polar surface area (TPSA) is 65.7 Å². The second kappa shape index (κ2) is 5.96. The minimum atomic E-state index is -0.615. The van der Waals surface area contributed by atoms with Crippen LogP contribution < -0.4 is 9.47 Å². The summed E-state index contributed by atoms with van der Waals surface area (Å²) in [7, 11) is 1.44. The first kappa shape index (κ1) is 14.8. The van der Waals surface area contributed by atoms with E-state index in [4.69, 9.17) is 13.9 Å². The van der Waals surface area contributed by atoms with Gasteiger partial charge in [-0.2, -0.15) is 0 Å². The maximum absolute atomic E-state index is 12.4. The first-order valence-electron chi connectivity index (χ1n) is 6.97. The van der Waals surface area contributed by atoms with E-state index in [-0.39, 0.29) is 11.5 Å². The fourth-order valence-electron chi connectivity index (χ4n) is 2.36. The Hall–Kier alpha value is -3.08. The molecule has 2 aromatic carbocycles. The number of methoxy groups -OCH3 is 1. The Morgan fingerprint density at radius 2 is 1.91 bits per heavy atom. The normalized spacial score (nSPS) is 10.5. The number of rotatable bonds is 4. The summed E-state index contributed by atoms with van der Waals surface area (Å²) in [6.45, 7) is 1.80. The highest BCUT2D eigenvalue weighted by molar-refractivity contribution is 5.97. The van der Waals surface area contributed by atoms with Crippen LogP contribution in [0.5, 0.6) is 11.5 Å². The molecule has 0 bridgehead atoms. The molecule has 23 heavy (non-hydrogen) atoms. The van der Waals surface area contributed by atoms with Crippen LogP contribution in [0.3, 0.4) is 0 Å². The Kier molecular flexibility index (Phi) is 3.85. The molecule has 0 spiro atoms. The zero-order chi connectivity index (χ0) is 16.4. The predicted octanol–water partition coefficient (Wildman–Crippen LogP) is 3.78. The molecule has 0 N–H and O–H groups in total. The van der Waals surface area contributed by atoms with Gasteiger partial charge in [0.1, 0.15) is 11.9 Å². The van der Waals surface area contributed by atoms with Crippen LogP contribution in [0.25, 0.3) is 11.0 Å². The van der Waals surface area contributed by atoms with Gasteiger partial charge in [-0.15, -0.1) is 0 Å². The molecule has 3 aromatic rings. The van der Waals surface area contributed by atoms with Crippen molar-refractivity contribution >= 4 is 23.2 Å². The number of aldehydes is 1. The van der Waals surface area contributed by atoms with E-state index >= 15 is 0 Å². The number of furan rings is 1. The lowest BCUT2D eigenvalue weighted by Gasteiger charge is -2.08. The molecule has 1 heterocycles. The Morgan fingerprint density at radius 1 is 1.13 bits per heavy atom. The molecule has 0 fully saturated rings. The van der Waals surface area contributed by atoms with Gasteiger partial charge >= 0.3 is 5.97 Å². The molecule has 0 aliphatic rings. The Bertz CT molecular complexity index is 892. The molecule has 0 unspecified atom stereocenters. The van der Waals surface area contributed by atoms with E-state index in [0.717, 1.165) is 5.39 Å². The molecule has 5 heteroatoms. The summed E-state index contributed by atoms with van der Waals surface area (Å²) < 4.78 is 16.1. The van der Waals surface area contributed by atoms with E-state index in [1.165, 1.54) is 19.2 Å². The number of fused-ring (bicyclic) bond motifs is 1. The van der Waals surface area contributed by atoms with Gasteiger partial charge in [-0.25, -0.2) is 4.79 Å². The quantitative estimate of drug-likeness (QED) is 0.417. The van der Waals surface area contributed by atoms with Crippen molar-refractivity contribution in [3.8, 4) is 11.5 Å². The molecule has 0 saturated heterocycles. The minimum Gasteiger partial charge on any atom is -0.493 e. The van der Waals surface area contributed by atoms with E-state index in [1.54, 1.807) is 19.1 Å². The van der Waals surface area contributed by atoms with Crippen molar-refractivity contribution < 1.29 is 23.5 Å². The zero-order valence-electron chi connectivity index (χ0n) is 12.7. The third-order valence-corrected chi connectivity index (χ3v) is 3.56. The molecule has 0 amide bonds. The average molecular weight is 310 g/mol. The SMILES string of the molecule is COc1cc(C=O)ccc1OC(=O)c1oc2ccccc2c1C. The first-order chi connectivity index (χ1) is 11.1. The molecule has 0 aliphatic heterocycles. The molecule has 116 valence electrons. The van der Waals surface area contributed by atoms with E-state index in [0.29, 0.717) is 28.7 Å². The third-order valence-electron chi connectivity index (χ3n) is 3.56. The Balaban J connectivity index is 1.94. The number of benzene rings is 2. The largest absolute Gasteiger partial charge is 0.493 e. The van der Waals surface area contributed by atoms with Crippen LogP contribution in [0.2, 0.25) is 0 Å². The minimum absolute atomic E-state index is 0.146. The summed E-state index contributed by atoms with van der Waals surface area (Å²) in [5.74, 6) is 0.0586. The number of carbonyl (C=O) groups is 2. The van der Waals surface area contributed by atoms with E-state index < -0.39 is 5.97 Å². The fourth-order valence-corrected chi connectivity index (χ4v) is 2.36. The molecule has 0 atom stereocenters. The molecular formula is C18H14O5. The summed E-state index contributed by atoms with van der Waals surface area (Å²) in [5, 5.41) is 0.864.